The predicted molar refractivity (Wildman–Crippen MR) is 102 cm³/mol. The number of nitrogens with one attached hydrogen (secondary N) is 1. The molecule has 2 aromatic carbocycles. The number of aromatic amines is 1. The minimum Gasteiger partial charge on any atom is -0.465 e. The van der Waals surface area contributed by atoms with E-state index in [4.69, 9.17) is 9.47 Å². The first-order valence-electron chi connectivity index (χ1n) is 8.30. The lowest BCUT2D eigenvalue weighted by Crippen LogP contribution is -2.07. The number of esters is 2. The first-order chi connectivity index (χ1) is 13.1. The number of hydrogen-bond acceptors (Lipinski definition) is 5. The van der Waals surface area contributed by atoms with E-state index in [0.29, 0.717) is 11.1 Å². The Balaban J connectivity index is 2.14. The zero-order valence-electron chi connectivity index (χ0n) is 14.8. The summed E-state index contributed by atoms with van der Waals surface area (Å²) in [6.07, 6.45) is 1.60. The molecule has 0 aliphatic heterocycles. The molecule has 0 amide bonds. The molecule has 1 N–H and O–H groups in total. The van der Waals surface area contributed by atoms with Crippen molar-refractivity contribution in [2.45, 2.75) is 0 Å². The molecular formula is C21H16N2O4. The van der Waals surface area contributed by atoms with Crippen LogP contribution in [0.25, 0.3) is 32.9 Å². The van der Waals surface area contributed by atoms with Gasteiger partial charge in [0.15, 0.2) is 5.69 Å². The number of hydrogen-bond donors (Lipinski definition) is 1. The lowest BCUT2D eigenvalue weighted by atomic mass is 9.97. The number of methoxy groups -OCH3 is 2. The molecule has 6 heteroatoms. The number of benzene rings is 2. The largest absolute Gasteiger partial charge is 0.465 e. The zero-order chi connectivity index (χ0) is 19.0. The fourth-order valence-electron chi connectivity index (χ4n) is 3.27. The van der Waals surface area contributed by atoms with E-state index in [9.17, 15) is 9.59 Å². The number of fused-ring (bicyclic) bond motifs is 3. The van der Waals surface area contributed by atoms with Crippen LogP contribution in [-0.2, 0) is 9.47 Å². The Morgan fingerprint density at radius 3 is 2.37 bits per heavy atom. The second-order valence-electron chi connectivity index (χ2n) is 6.01. The van der Waals surface area contributed by atoms with E-state index in [0.717, 1.165) is 27.4 Å². The van der Waals surface area contributed by atoms with E-state index < -0.39 is 11.9 Å². The summed E-state index contributed by atoms with van der Waals surface area (Å²) in [5.41, 5.74) is 3.74. The highest BCUT2D eigenvalue weighted by molar-refractivity contribution is 6.18. The van der Waals surface area contributed by atoms with Crippen LogP contribution >= 0.6 is 0 Å². The summed E-state index contributed by atoms with van der Waals surface area (Å²) in [5, 5.41) is 1.61. The van der Waals surface area contributed by atoms with Crippen molar-refractivity contribution in [1.82, 2.24) is 9.97 Å². The van der Waals surface area contributed by atoms with Crippen LogP contribution in [0.15, 0.2) is 54.7 Å². The summed E-state index contributed by atoms with van der Waals surface area (Å²) < 4.78 is 9.76. The molecule has 0 bridgehead atoms. The van der Waals surface area contributed by atoms with Crippen molar-refractivity contribution in [3.8, 4) is 11.1 Å². The molecule has 0 atom stereocenters. The first-order valence-corrected chi connectivity index (χ1v) is 8.30. The average Bonchev–Trinajstić information content (AvgIpc) is 3.10. The number of nitrogens with zero attached hydrogens (tertiary/aromatic N) is 1. The molecule has 0 saturated heterocycles. The summed E-state index contributed by atoms with van der Waals surface area (Å²) in [7, 11) is 2.67. The van der Waals surface area contributed by atoms with Crippen molar-refractivity contribution in [3.05, 3.63) is 66.0 Å². The Morgan fingerprint density at radius 2 is 1.67 bits per heavy atom. The number of pyridine rings is 1. The molecule has 0 saturated carbocycles. The third-order valence-electron chi connectivity index (χ3n) is 4.50. The van der Waals surface area contributed by atoms with Gasteiger partial charge in [-0.2, -0.15) is 0 Å². The number of carbonyl (C=O) groups excluding carboxylic acids is 2. The van der Waals surface area contributed by atoms with Crippen LogP contribution in [0.2, 0.25) is 0 Å². The van der Waals surface area contributed by atoms with Gasteiger partial charge in [0.25, 0.3) is 0 Å². The topological polar surface area (TPSA) is 81.3 Å². The minimum absolute atomic E-state index is 0.223. The van der Waals surface area contributed by atoms with Crippen LogP contribution in [0.4, 0.5) is 0 Å². The summed E-state index contributed by atoms with van der Waals surface area (Å²) in [6.45, 7) is 0. The molecule has 0 fully saturated rings. The standard InChI is InChI=1S/C21H16N2O4/c1-26-20(24)13-8-9-15-14(10-13)18-16(23-15)11-22-19(21(25)27-2)17(18)12-6-4-3-5-7-12/h3-11,23H,1-2H3. The van der Waals surface area contributed by atoms with Crippen LogP contribution in [0.5, 0.6) is 0 Å². The van der Waals surface area contributed by atoms with E-state index >= 15 is 0 Å². The fraction of sp³-hybridized carbons (Fsp3) is 0.0952. The lowest BCUT2D eigenvalue weighted by molar-refractivity contribution is 0.0588. The monoisotopic (exact) mass is 360 g/mol. The molecule has 2 aromatic heterocycles. The normalized spacial score (nSPS) is 10.9. The van der Waals surface area contributed by atoms with Crippen LogP contribution in [-0.4, -0.2) is 36.1 Å². The van der Waals surface area contributed by atoms with E-state index in [1.807, 2.05) is 36.4 Å². The number of aromatic nitrogens is 2. The lowest BCUT2D eigenvalue weighted by Gasteiger charge is -2.10. The quantitative estimate of drug-likeness (QED) is 0.559. The Kier molecular flexibility index (Phi) is 4.08. The van der Waals surface area contributed by atoms with Crippen molar-refractivity contribution in [1.29, 1.82) is 0 Å². The van der Waals surface area contributed by atoms with Gasteiger partial charge >= 0.3 is 11.9 Å². The van der Waals surface area contributed by atoms with Gasteiger partial charge in [0, 0.05) is 21.9 Å². The second-order valence-corrected chi connectivity index (χ2v) is 6.01. The third kappa shape index (κ3) is 2.71. The SMILES string of the molecule is COC(=O)c1ccc2[nH]c3cnc(C(=O)OC)c(-c4ccccc4)c3c2c1. The fourth-order valence-corrected chi connectivity index (χ4v) is 3.27. The number of ether oxygens (including phenoxy) is 2. The average molecular weight is 360 g/mol. The highest BCUT2D eigenvalue weighted by Gasteiger charge is 2.21. The summed E-state index contributed by atoms with van der Waals surface area (Å²) in [5.74, 6) is -0.941. The van der Waals surface area contributed by atoms with Crippen molar-refractivity contribution in [2.24, 2.45) is 0 Å². The van der Waals surface area contributed by atoms with Crippen LogP contribution in [0.3, 0.4) is 0 Å². The molecule has 0 radical (unpaired) electrons. The van der Waals surface area contributed by atoms with Crippen LogP contribution < -0.4 is 0 Å². The molecule has 134 valence electrons. The predicted octanol–water partition coefficient (Wildman–Crippen LogP) is 3.96. The molecule has 0 spiro atoms. The minimum atomic E-state index is -0.519. The number of rotatable bonds is 3. The van der Waals surface area contributed by atoms with E-state index in [2.05, 4.69) is 9.97 Å². The molecule has 0 unspecified atom stereocenters. The molecule has 4 rings (SSSR count). The molecule has 27 heavy (non-hydrogen) atoms. The van der Waals surface area contributed by atoms with Gasteiger partial charge in [-0.25, -0.2) is 14.6 Å². The molecule has 6 nitrogen and oxygen atoms in total. The smallest absolute Gasteiger partial charge is 0.357 e. The molecule has 0 aliphatic rings. The van der Waals surface area contributed by atoms with Gasteiger partial charge in [-0.1, -0.05) is 30.3 Å². The summed E-state index contributed by atoms with van der Waals surface area (Å²) in [6, 6.07) is 14.8. The van der Waals surface area contributed by atoms with Gasteiger partial charge in [-0.05, 0) is 23.8 Å². The highest BCUT2D eigenvalue weighted by Crippen LogP contribution is 2.36. The molecule has 2 heterocycles. The first kappa shape index (κ1) is 16.8. The van der Waals surface area contributed by atoms with Gasteiger partial charge in [-0.15, -0.1) is 0 Å². The molecule has 4 aromatic rings. The maximum absolute atomic E-state index is 12.4. The molecule has 0 aliphatic carbocycles. The van der Waals surface area contributed by atoms with E-state index in [-0.39, 0.29) is 5.69 Å². The Hall–Kier alpha value is -3.67. The van der Waals surface area contributed by atoms with E-state index in [1.54, 1.807) is 18.3 Å². The third-order valence-corrected chi connectivity index (χ3v) is 4.50. The van der Waals surface area contributed by atoms with Gasteiger partial charge in [0.1, 0.15) is 0 Å². The Morgan fingerprint density at radius 1 is 0.926 bits per heavy atom. The number of carbonyl (C=O) groups is 2. The molecular weight excluding hydrogens is 344 g/mol. The van der Waals surface area contributed by atoms with Gasteiger partial charge in [0.05, 0.1) is 31.5 Å². The van der Waals surface area contributed by atoms with Crippen molar-refractivity contribution in [2.75, 3.05) is 14.2 Å². The zero-order valence-corrected chi connectivity index (χ0v) is 14.8. The van der Waals surface area contributed by atoms with Crippen molar-refractivity contribution < 1.29 is 19.1 Å². The van der Waals surface area contributed by atoms with Gasteiger partial charge in [-0.3, -0.25) is 0 Å². The maximum Gasteiger partial charge on any atom is 0.357 e. The Labute approximate surface area is 154 Å². The number of H-pyrrole nitrogens is 1. The second kappa shape index (κ2) is 6.57. The maximum atomic E-state index is 12.4. The highest BCUT2D eigenvalue weighted by atomic mass is 16.5. The van der Waals surface area contributed by atoms with Crippen LogP contribution in [0.1, 0.15) is 20.8 Å². The van der Waals surface area contributed by atoms with E-state index in [1.165, 1.54) is 14.2 Å². The van der Waals surface area contributed by atoms with Gasteiger partial charge < -0.3 is 14.5 Å². The summed E-state index contributed by atoms with van der Waals surface area (Å²) >= 11 is 0. The van der Waals surface area contributed by atoms with Crippen LogP contribution in [0, 0.1) is 0 Å². The van der Waals surface area contributed by atoms with Crippen molar-refractivity contribution in [3.63, 3.8) is 0 Å². The Bertz CT molecular complexity index is 1180. The van der Waals surface area contributed by atoms with Crippen molar-refractivity contribution >= 4 is 33.7 Å². The van der Waals surface area contributed by atoms with Gasteiger partial charge in [0.2, 0.25) is 0 Å². The summed E-state index contributed by atoms with van der Waals surface area (Å²) in [4.78, 5) is 31.9.